The highest BCUT2D eigenvalue weighted by Crippen LogP contribution is 2.20. The number of rotatable bonds is 2. The van der Waals surface area contributed by atoms with Gasteiger partial charge in [-0.2, -0.15) is 0 Å². The molecule has 2 saturated heterocycles. The fourth-order valence-electron chi connectivity index (χ4n) is 2.56. The number of nitrogens with zero attached hydrogens (tertiary/aromatic N) is 1. The molecule has 2 fully saturated rings. The fraction of sp³-hybridized carbons (Fsp3) is 0.750. The standard InChI is InChI=1S/C12H18N2O4/c1-18-12(17)8-3-2-6-14(7-8)11(16)9-4-5-10(15)13-9/h8-9H,2-7H2,1H3,(H,13,15)/t8?,9-/m0/s1. The van der Waals surface area contributed by atoms with E-state index in [-0.39, 0.29) is 23.7 Å². The Morgan fingerprint density at radius 3 is 2.78 bits per heavy atom. The normalized spacial score (nSPS) is 27.8. The van der Waals surface area contributed by atoms with Crippen LogP contribution in [0, 0.1) is 5.92 Å². The number of hydrogen-bond acceptors (Lipinski definition) is 4. The molecule has 2 aliphatic rings. The van der Waals surface area contributed by atoms with Crippen LogP contribution in [0.25, 0.3) is 0 Å². The Bertz CT molecular complexity index is 369. The van der Waals surface area contributed by atoms with Crippen LogP contribution in [-0.4, -0.2) is 48.9 Å². The molecule has 0 aromatic rings. The molecule has 0 bridgehead atoms. The van der Waals surface area contributed by atoms with E-state index < -0.39 is 6.04 Å². The predicted molar refractivity (Wildman–Crippen MR) is 62.5 cm³/mol. The predicted octanol–water partition coefficient (Wildman–Crippen LogP) is -0.323. The molecule has 0 radical (unpaired) electrons. The molecule has 2 heterocycles. The summed E-state index contributed by atoms with van der Waals surface area (Å²) in [5.41, 5.74) is 0. The molecule has 2 rings (SSSR count). The molecule has 0 spiro atoms. The van der Waals surface area contributed by atoms with Crippen molar-refractivity contribution in [2.75, 3.05) is 20.2 Å². The smallest absolute Gasteiger partial charge is 0.310 e. The van der Waals surface area contributed by atoms with Gasteiger partial charge < -0.3 is 15.0 Å². The molecule has 0 aromatic heterocycles. The quantitative estimate of drug-likeness (QED) is 0.685. The maximum absolute atomic E-state index is 12.2. The van der Waals surface area contributed by atoms with Gasteiger partial charge in [-0.25, -0.2) is 0 Å². The van der Waals surface area contributed by atoms with Crippen LogP contribution in [0.4, 0.5) is 0 Å². The Morgan fingerprint density at radius 2 is 2.17 bits per heavy atom. The fourth-order valence-corrected chi connectivity index (χ4v) is 2.56. The van der Waals surface area contributed by atoms with Gasteiger partial charge in [0.05, 0.1) is 13.0 Å². The second-order valence-corrected chi connectivity index (χ2v) is 4.81. The average Bonchev–Trinajstić information content (AvgIpc) is 2.83. The van der Waals surface area contributed by atoms with Crippen LogP contribution in [-0.2, 0) is 19.1 Å². The molecule has 1 unspecified atom stereocenters. The van der Waals surface area contributed by atoms with Crippen molar-refractivity contribution in [3.63, 3.8) is 0 Å². The van der Waals surface area contributed by atoms with Crippen LogP contribution in [0.3, 0.4) is 0 Å². The zero-order valence-corrected chi connectivity index (χ0v) is 10.5. The van der Waals surface area contributed by atoms with E-state index >= 15 is 0 Å². The molecular weight excluding hydrogens is 236 g/mol. The molecule has 0 saturated carbocycles. The van der Waals surface area contributed by atoms with E-state index in [2.05, 4.69) is 5.32 Å². The van der Waals surface area contributed by atoms with Crippen molar-refractivity contribution in [2.45, 2.75) is 31.7 Å². The van der Waals surface area contributed by atoms with Gasteiger partial charge in [-0.1, -0.05) is 0 Å². The Hall–Kier alpha value is -1.59. The summed E-state index contributed by atoms with van der Waals surface area (Å²) in [6.07, 6.45) is 2.52. The number of esters is 1. The van der Waals surface area contributed by atoms with Crippen LogP contribution in [0.2, 0.25) is 0 Å². The number of ether oxygens (including phenoxy) is 1. The van der Waals surface area contributed by atoms with Gasteiger partial charge in [0.25, 0.3) is 0 Å². The van der Waals surface area contributed by atoms with E-state index in [1.807, 2.05) is 0 Å². The molecule has 2 amide bonds. The first-order chi connectivity index (χ1) is 8.61. The largest absolute Gasteiger partial charge is 0.469 e. The Labute approximate surface area is 106 Å². The highest BCUT2D eigenvalue weighted by Gasteiger charge is 2.35. The highest BCUT2D eigenvalue weighted by atomic mass is 16.5. The number of piperidine rings is 1. The first-order valence-corrected chi connectivity index (χ1v) is 6.28. The third-order valence-corrected chi connectivity index (χ3v) is 3.56. The second kappa shape index (κ2) is 5.37. The Kier molecular flexibility index (Phi) is 3.84. The summed E-state index contributed by atoms with van der Waals surface area (Å²) >= 11 is 0. The zero-order valence-electron chi connectivity index (χ0n) is 10.5. The number of hydrogen-bond donors (Lipinski definition) is 1. The van der Waals surface area contributed by atoms with Gasteiger partial charge in [-0.05, 0) is 19.3 Å². The van der Waals surface area contributed by atoms with Gasteiger partial charge >= 0.3 is 5.97 Å². The highest BCUT2D eigenvalue weighted by molar-refractivity contribution is 5.91. The summed E-state index contributed by atoms with van der Waals surface area (Å²) in [4.78, 5) is 36.4. The molecule has 18 heavy (non-hydrogen) atoms. The maximum atomic E-state index is 12.2. The van der Waals surface area contributed by atoms with Gasteiger partial charge in [0.15, 0.2) is 0 Å². The molecule has 100 valence electrons. The number of likely N-dealkylation sites (tertiary alicyclic amines) is 1. The summed E-state index contributed by atoms with van der Waals surface area (Å²) in [5.74, 6) is -0.642. The van der Waals surface area contributed by atoms with E-state index in [1.54, 1.807) is 4.90 Å². The zero-order chi connectivity index (χ0) is 13.1. The maximum Gasteiger partial charge on any atom is 0.310 e. The molecule has 0 aliphatic carbocycles. The third kappa shape index (κ3) is 2.63. The Morgan fingerprint density at radius 1 is 1.39 bits per heavy atom. The van der Waals surface area contributed by atoms with Crippen LogP contribution >= 0.6 is 0 Å². The summed E-state index contributed by atoms with van der Waals surface area (Å²) < 4.78 is 4.71. The van der Waals surface area contributed by atoms with Crippen LogP contribution in [0.15, 0.2) is 0 Å². The summed E-state index contributed by atoms with van der Waals surface area (Å²) in [6, 6.07) is -0.408. The number of nitrogens with one attached hydrogen (secondary N) is 1. The van der Waals surface area contributed by atoms with Crippen molar-refractivity contribution < 1.29 is 19.1 Å². The second-order valence-electron chi connectivity index (χ2n) is 4.81. The molecule has 6 heteroatoms. The van der Waals surface area contributed by atoms with E-state index in [9.17, 15) is 14.4 Å². The SMILES string of the molecule is COC(=O)C1CCCN(C(=O)[C@@H]2CCC(=O)N2)C1. The number of carbonyl (C=O) groups excluding carboxylic acids is 3. The van der Waals surface area contributed by atoms with Crippen molar-refractivity contribution in [2.24, 2.45) is 5.92 Å². The van der Waals surface area contributed by atoms with Crippen molar-refractivity contribution in [3.8, 4) is 0 Å². The lowest BCUT2D eigenvalue weighted by Gasteiger charge is -2.32. The average molecular weight is 254 g/mol. The number of methoxy groups -OCH3 is 1. The third-order valence-electron chi connectivity index (χ3n) is 3.56. The first kappa shape index (κ1) is 12.9. The lowest BCUT2D eigenvalue weighted by Crippen LogP contribution is -2.49. The minimum Gasteiger partial charge on any atom is -0.469 e. The van der Waals surface area contributed by atoms with Gasteiger partial charge in [0, 0.05) is 19.5 Å². The molecule has 1 N–H and O–H groups in total. The van der Waals surface area contributed by atoms with Crippen LogP contribution < -0.4 is 5.32 Å². The van der Waals surface area contributed by atoms with Gasteiger partial charge in [0.1, 0.15) is 6.04 Å². The number of carbonyl (C=O) groups is 3. The van der Waals surface area contributed by atoms with Gasteiger partial charge in [0.2, 0.25) is 11.8 Å². The van der Waals surface area contributed by atoms with Gasteiger partial charge in [-0.15, -0.1) is 0 Å². The van der Waals surface area contributed by atoms with Crippen LogP contribution in [0.1, 0.15) is 25.7 Å². The van der Waals surface area contributed by atoms with Crippen molar-refractivity contribution >= 4 is 17.8 Å². The summed E-state index contributed by atoms with van der Waals surface area (Å²) in [7, 11) is 1.36. The van der Waals surface area contributed by atoms with Crippen LogP contribution in [0.5, 0.6) is 0 Å². The lowest BCUT2D eigenvalue weighted by atomic mass is 9.97. The van der Waals surface area contributed by atoms with E-state index in [0.717, 1.165) is 12.8 Å². The van der Waals surface area contributed by atoms with E-state index in [1.165, 1.54) is 7.11 Å². The molecule has 6 nitrogen and oxygen atoms in total. The Balaban J connectivity index is 1.94. The monoisotopic (exact) mass is 254 g/mol. The van der Waals surface area contributed by atoms with Crippen molar-refractivity contribution in [1.82, 2.24) is 10.2 Å². The summed E-state index contributed by atoms with van der Waals surface area (Å²) in [6.45, 7) is 1.05. The van der Waals surface area contributed by atoms with Crippen molar-refractivity contribution in [1.29, 1.82) is 0 Å². The first-order valence-electron chi connectivity index (χ1n) is 6.28. The number of amides is 2. The molecule has 2 aliphatic heterocycles. The molecular formula is C12H18N2O4. The van der Waals surface area contributed by atoms with E-state index in [0.29, 0.717) is 25.9 Å². The van der Waals surface area contributed by atoms with E-state index in [4.69, 9.17) is 4.74 Å². The minimum atomic E-state index is -0.408. The molecule has 0 aromatic carbocycles. The molecule has 2 atom stereocenters. The van der Waals surface area contributed by atoms with Crippen molar-refractivity contribution in [3.05, 3.63) is 0 Å². The topological polar surface area (TPSA) is 75.7 Å². The van der Waals surface area contributed by atoms with Gasteiger partial charge in [-0.3, -0.25) is 14.4 Å². The minimum absolute atomic E-state index is 0.0742. The lowest BCUT2D eigenvalue weighted by molar-refractivity contribution is -0.149. The summed E-state index contributed by atoms with van der Waals surface area (Å²) in [5, 5.41) is 2.66.